The number of aryl methyl sites for hydroxylation is 2. The van der Waals surface area contributed by atoms with Crippen LogP contribution in [0.25, 0.3) is 11.1 Å². The van der Waals surface area contributed by atoms with Crippen LogP contribution in [-0.4, -0.2) is 10.9 Å². The third kappa shape index (κ3) is 2.48. The van der Waals surface area contributed by atoms with Gasteiger partial charge >= 0.3 is 6.01 Å². The van der Waals surface area contributed by atoms with E-state index in [1.54, 1.807) is 0 Å². The van der Waals surface area contributed by atoms with Gasteiger partial charge in [-0.2, -0.15) is 4.98 Å². The first-order chi connectivity index (χ1) is 10.8. The molecule has 0 bridgehead atoms. The van der Waals surface area contributed by atoms with Gasteiger partial charge in [-0.15, -0.1) is 0 Å². The van der Waals surface area contributed by atoms with Crippen LogP contribution in [0, 0.1) is 0 Å². The number of aromatic nitrogens is 1. The molecule has 3 aromatic rings. The number of rotatable bonds is 3. The van der Waals surface area contributed by atoms with Crippen molar-refractivity contribution in [1.82, 2.24) is 4.98 Å². The Morgan fingerprint density at radius 3 is 2.91 bits per heavy atom. The second-order valence-corrected chi connectivity index (χ2v) is 5.67. The largest absolute Gasteiger partial charge is 0.423 e. The molecule has 2 aromatic carbocycles. The number of carbonyl (C=O) groups excluding carboxylic acids is 1. The van der Waals surface area contributed by atoms with E-state index < -0.39 is 0 Å². The number of carbonyl (C=O) groups is 1. The number of benzene rings is 2. The molecule has 0 radical (unpaired) electrons. The minimum absolute atomic E-state index is 0.107. The van der Waals surface area contributed by atoms with Gasteiger partial charge in [0, 0.05) is 0 Å². The minimum atomic E-state index is -0.107. The maximum absolute atomic E-state index is 12.1. The molecule has 4 nitrogen and oxygen atoms in total. The lowest BCUT2D eigenvalue weighted by molar-refractivity contribution is -0.115. The van der Waals surface area contributed by atoms with Crippen LogP contribution in [0.5, 0.6) is 0 Å². The van der Waals surface area contributed by atoms with Gasteiger partial charge in [-0.3, -0.25) is 10.1 Å². The van der Waals surface area contributed by atoms with Gasteiger partial charge in [0.2, 0.25) is 5.91 Å². The number of hydrogen-bond donors (Lipinski definition) is 1. The number of para-hydroxylation sites is 2. The number of oxazole rings is 1. The van der Waals surface area contributed by atoms with Crippen molar-refractivity contribution < 1.29 is 9.21 Å². The summed E-state index contributed by atoms with van der Waals surface area (Å²) < 4.78 is 5.51. The number of anilines is 1. The fraction of sp³-hybridized carbons (Fsp3) is 0.222. The summed E-state index contributed by atoms with van der Waals surface area (Å²) in [6.07, 6.45) is 3.83. The fourth-order valence-electron chi connectivity index (χ4n) is 3.01. The van der Waals surface area contributed by atoms with Gasteiger partial charge in [-0.25, -0.2) is 0 Å². The van der Waals surface area contributed by atoms with E-state index in [4.69, 9.17) is 4.42 Å². The molecule has 4 heteroatoms. The standard InChI is InChI=1S/C18H16N2O2/c21-17(11-12-8-9-13-4-3-5-14(13)10-12)20-18-19-15-6-1-2-7-16(15)22-18/h1-2,6-10H,3-5,11H2,(H,19,20,21). The molecule has 0 fully saturated rings. The van der Waals surface area contributed by atoms with Crippen LogP contribution in [0.3, 0.4) is 0 Å². The highest BCUT2D eigenvalue weighted by Gasteiger charge is 2.13. The number of nitrogens with zero attached hydrogens (tertiary/aromatic N) is 1. The van der Waals surface area contributed by atoms with Crippen LogP contribution in [0.15, 0.2) is 46.9 Å². The first-order valence-electron chi connectivity index (χ1n) is 7.54. The van der Waals surface area contributed by atoms with Crippen molar-refractivity contribution in [2.45, 2.75) is 25.7 Å². The Bertz CT molecular complexity index is 818. The molecule has 1 heterocycles. The number of nitrogens with one attached hydrogen (secondary N) is 1. The van der Waals surface area contributed by atoms with E-state index in [9.17, 15) is 4.79 Å². The fourth-order valence-corrected chi connectivity index (χ4v) is 3.01. The topological polar surface area (TPSA) is 55.1 Å². The van der Waals surface area contributed by atoms with Crippen LogP contribution in [0.1, 0.15) is 23.1 Å². The molecule has 0 aliphatic heterocycles. The van der Waals surface area contributed by atoms with Gasteiger partial charge in [0.05, 0.1) is 6.42 Å². The summed E-state index contributed by atoms with van der Waals surface area (Å²) >= 11 is 0. The monoisotopic (exact) mass is 292 g/mol. The first-order valence-corrected chi connectivity index (χ1v) is 7.54. The highest BCUT2D eigenvalue weighted by Crippen LogP contribution is 2.23. The Balaban J connectivity index is 1.48. The van der Waals surface area contributed by atoms with E-state index in [1.807, 2.05) is 30.3 Å². The molecule has 0 spiro atoms. The van der Waals surface area contributed by atoms with Crippen molar-refractivity contribution in [2.75, 3.05) is 5.32 Å². The summed E-state index contributed by atoms with van der Waals surface area (Å²) in [7, 11) is 0. The average Bonchev–Trinajstić information content (AvgIpc) is 3.11. The molecule has 0 saturated heterocycles. The zero-order chi connectivity index (χ0) is 14.9. The molecule has 4 rings (SSSR count). The number of hydrogen-bond acceptors (Lipinski definition) is 3. The number of amides is 1. The molecule has 1 aromatic heterocycles. The molecule has 1 N–H and O–H groups in total. The van der Waals surface area contributed by atoms with Gasteiger partial charge in [-0.1, -0.05) is 30.3 Å². The van der Waals surface area contributed by atoms with Crippen molar-refractivity contribution in [2.24, 2.45) is 0 Å². The lowest BCUT2D eigenvalue weighted by Gasteiger charge is -2.04. The summed E-state index contributed by atoms with van der Waals surface area (Å²) in [6.45, 7) is 0. The Hall–Kier alpha value is -2.62. The van der Waals surface area contributed by atoms with E-state index in [2.05, 4.69) is 22.4 Å². The van der Waals surface area contributed by atoms with Crippen molar-refractivity contribution >= 4 is 23.0 Å². The third-order valence-corrected chi connectivity index (χ3v) is 4.07. The van der Waals surface area contributed by atoms with Crippen LogP contribution in [0.4, 0.5) is 6.01 Å². The Morgan fingerprint density at radius 1 is 1.14 bits per heavy atom. The van der Waals surface area contributed by atoms with Crippen molar-refractivity contribution in [3.63, 3.8) is 0 Å². The summed E-state index contributed by atoms with van der Waals surface area (Å²) in [5.41, 5.74) is 5.26. The summed E-state index contributed by atoms with van der Waals surface area (Å²) in [4.78, 5) is 16.4. The van der Waals surface area contributed by atoms with Gasteiger partial charge in [-0.05, 0) is 48.1 Å². The van der Waals surface area contributed by atoms with Crippen LogP contribution >= 0.6 is 0 Å². The molecule has 0 unspecified atom stereocenters. The van der Waals surface area contributed by atoms with Gasteiger partial charge in [0.25, 0.3) is 0 Å². The zero-order valence-electron chi connectivity index (χ0n) is 12.1. The molecular weight excluding hydrogens is 276 g/mol. The van der Waals surface area contributed by atoms with Crippen molar-refractivity contribution in [3.8, 4) is 0 Å². The average molecular weight is 292 g/mol. The summed E-state index contributed by atoms with van der Waals surface area (Å²) in [5, 5.41) is 2.73. The second kappa shape index (κ2) is 5.30. The molecule has 1 aliphatic carbocycles. The second-order valence-electron chi connectivity index (χ2n) is 5.67. The SMILES string of the molecule is O=C(Cc1ccc2c(c1)CCC2)Nc1nc2ccccc2o1. The lowest BCUT2D eigenvalue weighted by Crippen LogP contribution is -2.14. The highest BCUT2D eigenvalue weighted by molar-refractivity contribution is 5.91. The minimum Gasteiger partial charge on any atom is -0.423 e. The zero-order valence-corrected chi connectivity index (χ0v) is 12.1. The summed E-state index contributed by atoms with van der Waals surface area (Å²) in [6, 6.07) is 14.0. The van der Waals surface area contributed by atoms with Gasteiger partial charge in [0.15, 0.2) is 5.58 Å². The molecule has 0 saturated carbocycles. The van der Waals surface area contributed by atoms with E-state index in [0.717, 1.165) is 23.9 Å². The Morgan fingerprint density at radius 2 is 2.00 bits per heavy atom. The Labute approximate surface area is 128 Å². The quantitative estimate of drug-likeness (QED) is 0.804. The molecule has 110 valence electrons. The molecule has 1 amide bonds. The maximum atomic E-state index is 12.1. The van der Waals surface area contributed by atoms with E-state index in [0.29, 0.717) is 12.0 Å². The molecule has 22 heavy (non-hydrogen) atoms. The first kappa shape index (κ1) is 13.1. The van der Waals surface area contributed by atoms with Crippen molar-refractivity contribution in [1.29, 1.82) is 0 Å². The van der Waals surface area contributed by atoms with Gasteiger partial charge in [0.1, 0.15) is 5.52 Å². The Kier molecular flexibility index (Phi) is 3.15. The van der Waals surface area contributed by atoms with Gasteiger partial charge < -0.3 is 4.42 Å². The molecule has 0 atom stereocenters. The van der Waals surface area contributed by atoms with Crippen molar-refractivity contribution in [3.05, 3.63) is 59.2 Å². The molecule has 1 aliphatic rings. The van der Waals surface area contributed by atoms with Crippen LogP contribution in [0.2, 0.25) is 0 Å². The predicted octanol–water partition coefficient (Wildman–Crippen LogP) is 3.50. The highest BCUT2D eigenvalue weighted by atomic mass is 16.4. The molecular formula is C18H16N2O2. The van der Waals surface area contributed by atoms with E-state index in [1.165, 1.54) is 17.5 Å². The van der Waals surface area contributed by atoms with Crippen LogP contribution in [-0.2, 0) is 24.1 Å². The van der Waals surface area contributed by atoms with E-state index >= 15 is 0 Å². The third-order valence-electron chi connectivity index (χ3n) is 4.07. The van der Waals surface area contributed by atoms with E-state index in [-0.39, 0.29) is 11.9 Å². The van der Waals surface area contributed by atoms with Crippen LogP contribution < -0.4 is 5.32 Å². The number of fused-ring (bicyclic) bond motifs is 2. The predicted molar refractivity (Wildman–Crippen MR) is 84.8 cm³/mol. The summed E-state index contributed by atoms with van der Waals surface area (Å²) in [5.74, 6) is -0.107. The lowest BCUT2D eigenvalue weighted by atomic mass is 10.0. The maximum Gasteiger partial charge on any atom is 0.302 e. The normalized spacial score (nSPS) is 13.3. The smallest absolute Gasteiger partial charge is 0.302 e.